The Bertz CT molecular complexity index is 1060. The van der Waals surface area contributed by atoms with Crippen LogP contribution in [0.2, 0.25) is 0 Å². The van der Waals surface area contributed by atoms with Gasteiger partial charge in [0.1, 0.15) is 6.54 Å². The van der Waals surface area contributed by atoms with E-state index in [0.29, 0.717) is 47.7 Å². The fourth-order valence-corrected chi connectivity index (χ4v) is 4.74. The van der Waals surface area contributed by atoms with E-state index in [1.165, 1.54) is 0 Å². The minimum Gasteiger partial charge on any atom is -0.480 e. The second kappa shape index (κ2) is 10.2. The molecule has 3 rings (SSSR count). The fraction of sp³-hybridized carbons (Fsp3) is 0.560. The minimum absolute atomic E-state index is 0.213. The molecule has 0 fully saturated rings. The predicted octanol–water partition coefficient (Wildman–Crippen LogP) is 4.49. The van der Waals surface area contributed by atoms with Crippen LogP contribution in [0.3, 0.4) is 0 Å². The van der Waals surface area contributed by atoms with Gasteiger partial charge in [-0.25, -0.2) is 0 Å². The normalized spacial score (nSPS) is 15.6. The number of carboxylic acid groups (broad SMARTS) is 1. The van der Waals surface area contributed by atoms with Gasteiger partial charge in [0.25, 0.3) is 5.91 Å². The molecule has 1 atom stereocenters. The SMILES string of the molecule is CCCC1OCCc2c1n(CC(=O)O)c1c(C)c(C(=O)NCCCC(C)C)cc(C#N)c21. The number of ether oxygens (including phenoxy) is 1. The third kappa shape index (κ3) is 4.66. The van der Waals surface area contributed by atoms with Gasteiger partial charge in [-0.1, -0.05) is 27.2 Å². The van der Waals surface area contributed by atoms with Gasteiger partial charge in [-0.15, -0.1) is 0 Å². The third-order valence-electron chi connectivity index (χ3n) is 6.15. The molecule has 1 aromatic carbocycles. The first-order valence-corrected chi connectivity index (χ1v) is 11.5. The van der Waals surface area contributed by atoms with Crippen molar-refractivity contribution in [2.45, 2.75) is 72.4 Å². The fourth-order valence-electron chi connectivity index (χ4n) is 4.74. The maximum Gasteiger partial charge on any atom is 0.323 e. The van der Waals surface area contributed by atoms with Crippen molar-refractivity contribution < 1.29 is 19.4 Å². The van der Waals surface area contributed by atoms with Crippen LogP contribution in [0.25, 0.3) is 10.9 Å². The molecule has 1 unspecified atom stereocenters. The molecule has 7 heteroatoms. The Morgan fingerprint density at radius 3 is 2.78 bits per heavy atom. The summed E-state index contributed by atoms with van der Waals surface area (Å²) in [4.78, 5) is 24.8. The van der Waals surface area contributed by atoms with Gasteiger partial charge < -0.3 is 19.7 Å². The predicted molar refractivity (Wildman–Crippen MR) is 123 cm³/mol. The van der Waals surface area contributed by atoms with Gasteiger partial charge in [0.05, 0.1) is 35.6 Å². The average molecular weight is 440 g/mol. The summed E-state index contributed by atoms with van der Waals surface area (Å²) in [6.07, 6.45) is 3.98. The zero-order valence-corrected chi connectivity index (χ0v) is 19.5. The summed E-state index contributed by atoms with van der Waals surface area (Å²) in [6, 6.07) is 3.91. The van der Waals surface area contributed by atoms with E-state index in [-0.39, 0.29) is 18.6 Å². The highest BCUT2D eigenvalue weighted by atomic mass is 16.5. The number of carbonyl (C=O) groups excluding carboxylic acids is 1. The monoisotopic (exact) mass is 439 g/mol. The number of hydrogen-bond donors (Lipinski definition) is 2. The molecule has 0 spiro atoms. The molecule has 0 aliphatic carbocycles. The van der Waals surface area contributed by atoms with Crippen LogP contribution in [-0.4, -0.2) is 34.7 Å². The van der Waals surface area contributed by atoms with Crippen molar-refractivity contribution in [2.24, 2.45) is 5.92 Å². The first-order valence-electron chi connectivity index (χ1n) is 11.5. The van der Waals surface area contributed by atoms with Gasteiger partial charge in [-0.2, -0.15) is 5.26 Å². The van der Waals surface area contributed by atoms with Gasteiger partial charge in [-0.3, -0.25) is 9.59 Å². The molecule has 0 saturated heterocycles. The number of aromatic nitrogens is 1. The molecule has 2 N–H and O–H groups in total. The third-order valence-corrected chi connectivity index (χ3v) is 6.15. The van der Waals surface area contributed by atoms with Crippen LogP contribution in [-0.2, 0) is 22.5 Å². The lowest BCUT2D eigenvalue weighted by Crippen LogP contribution is -2.26. The van der Waals surface area contributed by atoms with E-state index in [1.807, 2.05) is 6.92 Å². The summed E-state index contributed by atoms with van der Waals surface area (Å²) in [7, 11) is 0. The first kappa shape index (κ1) is 23.8. The van der Waals surface area contributed by atoms with Crippen molar-refractivity contribution in [3.63, 3.8) is 0 Å². The van der Waals surface area contributed by atoms with Gasteiger partial charge in [0, 0.05) is 17.5 Å². The number of carboxylic acids is 1. The second-order valence-electron chi connectivity index (χ2n) is 8.97. The summed E-state index contributed by atoms with van der Waals surface area (Å²) in [5, 5.41) is 23.3. The molecule has 1 aromatic heterocycles. The Morgan fingerprint density at radius 2 is 2.16 bits per heavy atom. The van der Waals surface area contributed by atoms with Crippen molar-refractivity contribution in [2.75, 3.05) is 13.2 Å². The van der Waals surface area contributed by atoms with Gasteiger partial charge in [-0.05, 0) is 55.7 Å². The number of aryl methyl sites for hydroxylation is 1. The van der Waals surface area contributed by atoms with Gasteiger partial charge in [0.15, 0.2) is 0 Å². The van der Waals surface area contributed by atoms with Crippen LogP contribution < -0.4 is 5.32 Å². The van der Waals surface area contributed by atoms with E-state index in [1.54, 1.807) is 10.6 Å². The van der Waals surface area contributed by atoms with E-state index >= 15 is 0 Å². The van der Waals surface area contributed by atoms with Crippen LogP contribution in [0.15, 0.2) is 6.07 Å². The van der Waals surface area contributed by atoms with Crippen molar-refractivity contribution in [3.8, 4) is 6.07 Å². The van der Waals surface area contributed by atoms with Gasteiger partial charge >= 0.3 is 5.97 Å². The molecule has 0 saturated carbocycles. The Kier molecular flexibility index (Phi) is 7.57. The van der Waals surface area contributed by atoms with E-state index in [2.05, 4.69) is 32.2 Å². The van der Waals surface area contributed by atoms with Crippen LogP contribution in [0.4, 0.5) is 0 Å². The standard InChI is InChI=1S/C25H33N3O4/c1-5-7-20-24-18(9-11-32-20)22-17(13-26)12-19(25(31)27-10-6-8-15(2)3)16(4)23(22)28(24)14-21(29)30/h12,15,20H,5-11,14H2,1-4H3,(H,27,31)(H,29,30). The summed E-state index contributed by atoms with van der Waals surface area (Å²) < 4.78 is 7.76. The molecule has 172 valence electrons. The Morgan fingerprint density at radius 1 is 1.41 bits per heavy atom. The molecular formula is C25H33N3O4. The molecule has 1 aliphatic rings. The van der Waals surface area contributed by atoms with E-state index in [0.717, 1.165) is 42.3 Å². The second-order valence-corrected chi connectivity index (χ2v) is 8.97. The number of aliphatic carboxylic acids is 1. The highest BCUT2D eigenvalue weighted by Crippen LogP contribution is 2.41. The van der Waals surface area contributed by atoms with E-state index < -0.39 is 5.97 Å². The van der Waals surface area contributed by atoms with E-state index in [9.17, 15) is 20.0 Å². The smallest absolute Gasteiger partial charge is 0.323 e. The van der Waals surface area contributed by atoms with Crippen molar-refractivity contribution >= 4 is 22.8 Å². The van der Waals surface area contributed by atoms with Crippen LogP contribution in [0.5, 0.6) is 0 Å². The number of rotatable bonds is 9. The number of nitriles is 1. The topological polar surface area (TPSA) is 104 Å². The maximum atomic E-state index is 13.0. The number of nitrogens with zero attached hydrogens (tertiary/aromatic N) is 2. The summed E-state index contributed by atoms with van der Waals surface area (Å²) in [5.41, 5.74) is 4.02. The molecule has 0 radical (unpaired) electrons. The number of amides is 1. The number of hydrogen-bond acceptors (Lipinski definition) is 4. The zero-order chi connectivity index (χ0) is 23.4. The van der Waals surface area contributed by atoms with Crippen LogP contribution >= 0.6 is 0 Å². The molecule has 1 amide bonds. The highest BCUT2D eigenvalue weighted by Gasteiger charge is 2.32. The molecule has 1 aliphatic heterocycles. The number of carbonyl (C=O) groups is 2. The van der Waals surface area contributed by atoms with Crippen molar-refractivity contribution in [3.05, 3.63) is 34.0 Å². The van der Waals surface area contributed by atoms with Gasteiger partial charge in [0.2, 0.25) is 0 Å². The Labute approximate surface area is 189 Å². The zero-order valence-electron chi connectivity index (χ0n) is 19.5. The number of nitrogens with one attached hydrogen (secondary N) is 1. The summed E-state index contributed by atoms with van der Waals surface area (Å²) >= 11 is 0. The summed E-state index contributed by atoms with van der Waals surface area (Å²) in [6.45, 7) is 9.06. The lowest BCUT2D eigenvalue weighted by Gasteiger charge is -2.25. The van der Waals surface area contributed by atoms with E-state index in [4.69, 9.17) is 4.74 Å². The number of fused-ring (bicyclic) bond motifs is 3. The van der Waals surface area contributed by atoms with Crippen LogP contribution in [0, 0.1) is 24.2 Å². The first-order chi connectivity index (χ1) is 15.3. The molecule has 2 heterocycles. The van der Waals surface area contributed by atoms with Crippen molar-refractivity contribution in [1.29, 1.82) is 5.26 Å². The highest BCUT2D eigenvalue weighted by molar-refractivity contribution is 6.04. The average Bonchev–Trinajstić information content (AvgIpc) is 3.07. The molecular weight excluding hydrogens is 406 g/mol. The largest absolute Gasteiger partial charge is 0.480 e. The summed E-state index contributed by atoms with van der Waals surface area (Å²) in [5.74, 6) is -0.627. The maximum absolute atomic E-state index is 13.0. The van der Waals surface area contributed by atoms with Crippen LogP contribution in [0.1, 0.15) is 85.3 Å². The molecule has 7 nitrogen and oxygen atoms in total. The van der Waals surface area contributed by atoms with Crippen molar-refractivity contribution in [1.82, 2.24) is 9.88 Å². The minimum atomic E-state index is -0.966. The quantitative estimate of drug-likeness (QED) is 0.560. The molecule has 32 heavy (non-hydrogen) atoms. The molecule has 2 aromatic rings. The lowest BCUT2D eigenvalue weighted by molar-refractivity contribution is -0.137. The Balaban J connectivity index is 2.16. The lowest BCUT2D eigenvalue weighted by atomic mass is 9.94. The molecule has 0 bridgehead atoms. The number of benzene rings is 1. The Hall–Kier alpha value is -2.85.